The first kappa shape index (κ1) is 20.7. The van der Waals surface area contributed by atoms with Crippen LogP contribution in [-0.4, -0.2) is 24.5 Å². The van der Waals surface area contributed by atoms with Crippen molar-refractivity contribution in [1.82, 2.24) is 10.3 Å². The van der Waals surface area contributed by atoms with Crippen LogP contribution in [0.15, 0.2) is 41.8 Å². The number of hydrogen-bond acceptors (Lipinski definition) is 5. The van der Waals surface area contributed by atoms with E-state index in [4.69, 9.17) is 9.47 Å². The molecule has 0 aliphatic rings. The Bertz CT molecular complexity index is 987. The van der Waals surface area contributed by atoms with Gasteiger partial charge in [-0.2, -0.15) is 0 Å². The lowest BCUT2D eigenvalue weighted by atomic mass is 10.2. The molecule has 1 heterocycles. The van der Waals surface area contributed by atoms with Crippen LogP contribution < -0.4 is 14.8 Å². The van der Waals surface area contributed by atoms with Crippen LogP contribution in [0.3, 0.4) is 0 Å². The third kappa shape index (κ3) is 5.29. The zero-order chi connectivity index (χ0) is 20.8. The average molecular weight is 418 g/mol. The van der Waals surface area contributed by atoms with E-state index in [9.17, 15) is 13.6 Å². The van der Waals surface area contributed by atoms with E-state index in [0.29, 0.717) is 34.3 Å². The summed E-state index contributed by atoms with van der Waals surface area (Å²) in [6.45, 7) is 2.57. The van der Waals surface area contributed by atoms with Gasteiger partial charge in [-0.15, -0.1) is 11.3 Å². The molecular weight excluding hydrogens is 398 g/mol. The van der Waals surface area contributed by atoms with Crippen molar-refractivity contribution in [1.29, 1.82) is 0 Å². The van der Waals surface area contributed by atoms with Gasteiger partial charge < -0.3 is 14.8 Å². The maximum atomic E-state index is 13.3. The lowest BCUT2D eigenvalue weighted by molar-refractivity contribution is 0.0949. The van der Waals surface area contributed by atoms with Gasteiger partial charge in [-0.05, 0) is 42.3 Å². The van der Waals surface area contributed by atoms with Crippen LogP contribution in [0.25, 0.3) is 10.6 Å². The summed E-state index contributed by atoms with van der Waals surface area (Å²) in [5.74, 6) is -0.643. The lowest BCUT2D eigenvalue weighted by Gasteiger charge is -2.12. The number of nitrogens with zero attached hydrogens (tertiary/aromatic N) is 1. The second kappa shape index (κ2) is 9.47. The van der Waals surface area contributed by atoms with Gasteiger partial charge >= 0.3 is 0 Å². The summed E-state index contributed by atoms with van der Waals surface area (Å²) < 4.78 is 37.7. The Morgan fingerprint density at radius 3 is 2.59 bits per heavy atom. The predicted octanol–water partition coefficient (Wildman–Crippen LogP) is 4.82. The average Bonchev–Trinajstić information content (AvgIpc) is 3.20. The van der Waals surface area contributed by atoms with Crippen molar-refractivity contribution in [3.63, 3.8) is 0 Å². The Morgan fingerprint density at radius 1 is 1.14 bits per heavy atom. The van der Waals surface area contributed by atoms with Crippen LogP contribution in [0.2, 0.25) is 0 Å². The van der Waals surface area contributed by atoms with Gasteiger partial charge in [0.1, 0.15) is 28.9 Å². The summed E-state index contributed by atoms with van der Waals surface area (Å²) in [7, 11) is 1.50. The minimum absolute atomic E-state index is 0.0105. The highest BCUT2D eigenvalue weighted by Gasteiger charge is 2.14. The number of carbonyl (C=O) groups is 1. The highest BCUT2D eigenvalue weighted by molar-refractivity contribution is 7.13. The second-order valence-corrected chi connectivity index (χ2v) is 7.08. The molecule has 0 aliphatic heterocycles. The molecule has 0 spiro atoms. The predicted molar refractivity (Wildman–Crippen MR) is 107 cm³/mol. The van der Waals surface area contributed by atoms with Gasteiger partial charge in [-0.3, -0.25) is 4.79 Å². The first-order valence-corrected chi connectivity index (χ1v) is 9.88. The van der Waals surface area contributed by atoms with E-state index in [1.54, 1.807) is 23.6 Å². The highest BCUT2D eigenvalue weighted by atomic mass is 32.1. The number of hydrogen-bond donors (Lipinski definition) is 1. The Balaban J connectivity index is 1.75. The molecule has 29 heavy (non-hydrogen) atoms. The Morgan fingerprint density at radius 2 is 1.90 bits per heavy atom. The van der Waals surface area contributed by atoms with Crippen LogP contribution in [0.5, 0.6) is 11.5 Å². The standard InChI is InChI=1S/C21H20F2N2O3S/c1-3-6-24-20(26)17-12-29-21(25-17)14-4-5-18(19(9-14)27-2)28-11-13-7-15(22)10-16(23)8-13/h4-5,7-10,12H,3,6,11H2,1-2H3,(H,24,26). The van der Waals surface area contributed by atoms with Gasteiger partial charge in [0, 0.05) is 23.6 Å². The molecule has 8 heteroatoms. The highest BCUT2D eigenvalue weighted by Crippen LogP contribution is 2.34. The van der Waals surface area contributed by atoms with Gasteiger partial charge in [0.2, 0.25) is 0 Å². The van der Waals surface area contributed by atoms with Crippen molar-refractivity contribution in [3.8, 4) is 22.1 Å². The van der Waals surface area contributed by atoms with E-state index >= 15 is 0 Å². The molecule has 0 aliphatic carbocycles. The molecule has 2 aromatic carbocycles. The molecule has 0 radical (unpaired) electrons. The number of ether oxygens (including phenoxy) is 2. The van der Waals surface area contributed by atoms with Crippen molar-refractivity contribution in [2.24, 2.45) is 0 Å². The SMILES string of the molecule is CCCNC(=O)c1csc(-c2ccc(OCc3cc(F)cc(F)c3)c(OC)c2)n1. The minimum Gasteiger partial charge on any atom is -0.493 e. The van der Waals surface area contributed by atoms with Crippen LogP contribution in [-0.2, 0) is 6.61 Å². The lowest BCUT2D eigenvalue weighted by Crippen LogP contribution is -2.24. The van der Waals surface area contributed by atoms with Crippen molar-refractivity contribution >= 4 is 17.2 Å². The normalized spacial score (nSPS) is 10.6. The zero-order valence-electron chi connectivity index (χ0n) is 16.0. The summed E-state index contributed by atoms with van der Waals surface area (Å²) in [6.07, 6.45) is 0.851. The maximum Gasteiger partial charge on any atom is 0.270 e. The Labute approximate surface area is 171 Å². The van der Waals surface area contributed by atoms with E-state index in [-0.39, 0.29) is 12.5 Å². The number of halogens is 2. The fourth-order valence-electron chi connectivity index (χ4n) is 2.61. The van der Waals surface area contributed by atoms with E-state index in [0.717, 1.165) is 18.1 Å². The number of carbonyl (C=O) groups excluding carboxylic acids is 1. The van der Waals surface area contributed by atoms with Gasteiger partial charge in [0.15, 0.2) is 11.5 Å². The fraction of sp³-hybridized carbons (Fsp3) is 0.238. The molecule has 3 rings (SSSR count). The van der Waals surface area contributed by atoms with Crippen molar-refractivity contribution in [3.05, 3.63) is 64.7 Å². The van der Waals surface area contributed by atoms with Crippen LogP contribution in [0, 0.1) is 11.6 Å². The van der Waals surface area contributed by atoms with Crippen molar-refractivity contribution in [2.45, 2.75) is 20.0 Å². The maximum absolute atomic E-state index is 13.3. The van der Waals surface area contributed by atoms with Gasteiger partial charge in [0.25, 0.3) is 5.91 Å². The topological polar surface area (TPSA) is 60.5 Å². The molecular formula is C21H20F2N2O3S. The number of rotatable bonds is 8. The zero-order valence-corrected chi connectivity index (χ0v) is 16.8. The number of amides is 1. The molecule has 0 saturated carbocycles. The van der Waals surface area contributed by atoms with E-state index in [1.165, 1.54) is 30.6 Å². The molecule has 0 fully saturated rings. The molecule has 152 valence electrons. The summed E-state index contributed by atoms with van der Waals surface area (Å²) >= 11 is 1.35. The largest absolute Gasteiger partial charge is 0.493 e. The first-order chi connectivity index (χ1) is 14.0. The molecule has 0 unspecified atom stereocenters. The Hall–Kier alpha value is -3.00. The Kier molecular flexibility index (Phi) is 6.77. The monoisotopic (exact) mass is 418 g/mol. The van der Waals surface area contributed by atoms with Crippen LogP contribution in [0.1, 0.15) is 29.4 Å². The summed E-state index contributed by atoms with van der Waals surface area (Å²) in [5.41, 5.74) is 1.51. The first-order valence-electron chi connectivity index (χ1n) is 9.00. The number of nitrogens with one attached hydrogen (secondary N) is 1. The number of benzene rings is 2. The van der Waals surface area contributed by atoms with Gasteiger partial charge in [-0.25, -0.2) is 13.8 Å². The molecule has 1 amide bonds. The van der Waals surface area contributed by atoms with Crippen LogP contribution >= 0.6 is 11.3 Å². The second-order valence-electron chi connectivity index (χ2n) is 6.23. The molecule has 1 aromatic heterocycles. The van der Waals surface area contributed by atoms with E-state index in [2.05, 4.69) is 10.3 Å². The smallest absolute Gasteiger partial charge is 0.270 e. The van der Waals surface area contributed by atoms with Crippen molar-refractivity contribution in [2.75, 3.05) is 13.7 Å². The summed E-state index contributed by atoms with van der Waals surface area (Å²) in [5, 5.41) is 5.17. The van der Waals surface area contributed by atoms with E-state index < -0.39 is 11.6 Å². The fourth-order valence-corrected chi connectivity index (χ4v) is 3.41. The summed E-state index contributed by atoms with van der Waals surface area (Å²) in [4.78, 5) is 16.4. The van der Waals surface area contributed by atoms with Gasteiger partial charge in [-0.1, -0.05) is 6.92 Å². The van der Waals surface area contributed by atoms with Crippen LogP contribution in [0.4, 0.5) is 8.78 Å². The molecule has 5 nitrogen and oxygen atoms in total. The van der Waals surface area contributed by atoms with Crippen molar-refractivity contribution < 1.29 is 23.0 Å². The third-order valence-electron chi connectivity index (χ3n) is 4.00. The quantitative estimate of drug-likeness (QED) is 0.570. The molecule has 0 atom stereocenters. The summed E-state index contributed by atoms with van der Waals surface area (Å²) in [6, 6.07) is 8.46. The van der Waals surface area contributed by atoms with E-state index in [1.807, 2.05) is 6.92 Å². The molecule has 0 saturated heterocycles. The molecule has 1 N–H and O–H groups in total. The number of aromatic nitrogens is 1. The molecule has 0 bridgehead atoms. The van der Waals surface area contributed by atoms with Gasteiger partial charge in [0.05, 0.1) is 7.11 Å². The number of thiazole rings is 1. The number of methoxy groups -OCH3 is 1. The third-order valence-corrected chi connectivity index (χ3v) is 4.89. The minimum atomic E-state index is -0.659. The molecule has 3 aromatic rings.